The summed E-state index contributed by atoms with van der Waals surface area (Å²) >= 11 is 0. The van der Waals surface area contributed by atoms with Gasteiger partial charge in [-0.2, -0.15) is 0 Å². The Kier molecular flexibility index (Phi) is 4.83. The van der Waals surface area contributed by atoms with Crippen LogP contribution in [0.5, 0.6) is 0 Å². The monoisotopic (exact) mass is 372 g/mol. The fraction of sp³-hybridized carbons (Fsp3) is 0.118. The highest BCUT2D eigenvalue weighted by Gasteiger charge is 2.16. The van der Waals surface area contributed by atoms with Gasteiger partial charge >= 0.3 is 0 Å². The number of imidazole rings is 1. The number of amides is 1. The molecule has 1 amide bonds. The molecule has 0 unspecified atom stereocenters. The van der Waals surface area contributed by atoms with Crippen molar-refractivity contribution in [2.75, 3.05) is 0 Å². The zero-order valence-corrected chi connectivity index (χ0v) is 14.7. The minimum atomic E-state index is -3.99. The summed E-state index contributed by atoms with van der Waals surface area (Å²) in [5.41, 5.74) is 3.93. The van der Waals surface area contributed by atoms with Gasteiger partial charge in [0.05, 0.1) is 22.3 Å². The van der Waals surface area contributed by atoms with E-state index in [4.69, 9.17) is 0 Å². The number of para-hydroxylation sites is 2. The molecule has 2 N–H and O–H groups in total. The molecule has 0 bridgehead atoms. The van der Waals surface area contributed by atoms with Crippen LogP contribution in [0, 0.1) is 0 Å². The zero-order valence-electron chi connectivity index (χ0n) is 13.8. The van der Waals surface area contributed by atoms with E-state index >= 15 is 0 Å². The molecule has 1 heterocycles. The molecule has 26 heavy (non-hydrogen) atoms. The molecule has 1 aromatic heterocycles. The van der Waals surface area contributed by atoms with E-state index in [-0.39, 0.29) is 22.8 Å². The van der Waals surface area contributed by atoms with Gasteiger partial charge in [0.2, 0.25) is 0 Å². The Labute approximate surface area is 149 Å². The summed E-state index contributed by atoms with van der Waals surface area (Å²) in [6.45, 7) is 1.24. The number of hydrogen-bond donors (Lipinski definition) is 2. The third kappa shape index (κ3) is 3.79. The average Bonchev–Trinajstić information content (AvgIpc) is 3.03. The number of carbonyl (C=O) groups excluding carboxylic acids is 2. The van der Waals surface area contributed by atoms with E-state index in [1.165, 1.54) is 37.5 Å². The molecule has 0 atom stereocenters. The van der Waals surface area contributed by atoms with E-state index in [0.29, 0.717) is 0 Å². The molecule has 0 saturated heterocycles. The maximum Gasteiger partial charge on any atom is 0.257 e. The zero-order chi connectivity index (χ0) is 18.7. The van der Waals surface area contributed by atoms with Gasteiger partial charge in [-0.05, 0) is 31.2 Å². The van der Waals surface area contributed by atoms with Crippen LogP contribution in [0.2, 0.25) is 0 Å². The van der Waals surface area contributed by atoms with Crippen molar-refractivity contribution in [3.05, 3.63) is 60.4 Å². The summed E-state index contributed by atoms with van der Waals surface area (Å²) in [6.07, 6.45) is 1.51. The lowest BCUT2D eigenvalue weighted by Crippen LogP contribution is -2.43. The maximum absolute atomic E-state index is 12.3. The van der Waals surface area contributed by atoms with Crippen molar-refractivity contribution in [1.29, 1.82) is 0 Å². The molecule has 0 fully saturated rings. The fourth-order valence-corrected chi connectivity index (χ4v) is 3.30. The average molecular weight is 372 g/mol. The number of hydrazine groups is 1. The molecule has 0 aliphatic rings. The van der Waals surface area contributed by atoms with Crippen LogP contribution in [0.15, 0.2) is 59.8 Å². The summed E-state index contributed by atoms with van der Waals surface area (Å²) in [5, 5.41) is 0. The van der Waals surface area contributed by atoms with Gasteiger partial charge in [0.15, 0.2) is 5.78 Å². The highest BCUT2D eigenvalue weighted by atomic mass is 32.2. The minimum Gasteiger partial charge on any atom is -0.321 e. The lowest BCUT2D eigenvalue weighted by atomic mass is 10.2. The van der Waals surface area contributed by atoms with Gasteiger partial charge in [-0.3, -0.25) is 15.0 Å². The van der Waals surface area contributed by atoms with Crippen LogP contribution in [-0.2, 0) is 21.4 Å². The first kappa shape index (κ1) is 17.8. The number of benzene rings is 2. The van der Waals surface area contributed by atoms with Crippen LogP contribution in [0.4, 0.5) is 0 Å². The van der Waals surface area contributed by atoms with Gasteiger partial charge < -0.3 is 4.57 Å². The van der Waals surface area contributed by atoms with Crippen molar-refractivity contribution < 1.29 is 18.0 Å². The van der Waals surface area contributed by atoms with E-state index in [2.05, 4.69) is 10.4 Å². The van der Waals surface area contributed by atoms with Gasteiger partial charge in [0.1, 0.15) is 6.54 Å². The van der Waals surface area contributed by atoms with Gasteiger partial charge in [0, 0.05) is 5.56 Å². The van der Waals surface area contributed by atoms with Crippen molar-refractivity contribution >= 4 is 32.7 Å². The number of hydrogen-bond acceptors (Lipinski definition) is 5. The fourth-order valence-electron chi connectivity index (χ4n) is 2.40. The summed E-state index contributed by atoms with van der Waals surface area (Å²) in [5.74, 6) is -0.808. The van der Waals surface area contributed by atoms with Gasteiger partial charge in [-0.1, -0.05) is 24.3 Å². The molecule has 9 heteroatoms. The second-order valence-electron chi connectivity index (χ2n) is 5.60. The number of Topliss-reactive ketones (excluding diaryl/α,β-unsaturated/α-hetero) is 1. The predicted molar refractivity (Wildman–Crippen MR) is 94.6 cm³/mol. The summed E-state index contributed by atoms with van der Waals surface area (Å²) < 4.78 is 26.1. The lowest BCUT2D eigenvalue weighted by Gasteiger charge is -2.10. The van der Waals surface area contributed by atoms with E-state index in [9.17, 15) is 18.0 Å². The van der Waals surface area contributed by atoms with Crippen molar-refractivity contribution in [1.82, 2.24) is 19.8 Å². The predicted octanol–water partition coefficient (Wildman–Crippen LogP) is 1.25. The summed E-state index contributed by atoms with van der Waals surface area (Å²) in [6, 6.07) is 12.9. The molecular formula is C17H16N4O4S. The Morgan fingerprint density at radius 2 is 1.88 bits per heavy atom. The Bertz CT molecular complexity index is 1090. The normalized spacial score (nSPS) is 11.4. The number of fused-ring (bicyclic) bond motifs is 1. The molecule has 8 nitrogen and oxygen atoms in total. The minimum absolute atomic E-state index is 0.101. The van der Waals surface area contributed by atoms with Crippen LogP contribution >= 0.6 is 0 Å². The molecule has 0 radical (unpaired) electrons. The first-order valence-corrected chi connectivity index (χ1v) is 9.17. The van der Waals surface area contributed by atoms with Crippen molar-refractivity contribution in [2.45, 2.75) is 18.4 Å². The van der Waals surface area contributed by atoms with Crippen molar-refractivity contribution in [2.24, 2.45) is 0 Å². The van der Waals surface area contributed by atoms with E-state index < -0.39 is 15.9 Å². The van der Waals surface area contributed by atoms with Crippen LogP contribution in [0.25, 0.3) is 11.0 Å². The molecule has 0 aliphatic carbocycles. The largest absolute Gasteiger partial charge is 0.321 e. The molecule has 2 aromatic carbocycles. The van der Waals surface area contributed by atoms with E-state index in [0.717, 1.165) is 11.0 Å². The number of nitrogens with one attached hydrogen (secondary N) is 2. The maximum atomic E-state index is 12.3. The Morgan fingerprint density at radius 3 is 2.65 bits per heavy atom. The first-order valence-electron chi connectivity index (χ1n) is 7.68. The Balaban J connectivity index is 1.68. The molecule has 0 saturated carbocycles. The number of sulfonamides is 1. The smallest absolute Gasteiger partial charge is 0.257 e. The first-order chi connectivity index (χ1) is 12.4. The SMILES string of the molecule is CC(=O)c1cccc(S(=O)(=O)NNC(=O)Cn2cnc3ccccc32)c1. The van der Waals surface area contributed by atoms with Gasteiger partial charge in [-0.25, -0.2) is 13.4 Å². The van der Waals surface area contributed by atoms with Crippen LogP contribution in [-0.4, -0.2) is 29.7 Å². The highest BCUT2D eigenvalue weighted by Crippen LogP contribution is 2.12. The lowest BCUT2D eigenvalue weighted by molar-refractivity contribution is -0.122. The third-order valence-electron chi connectivity index (χ3n) is 3.72. The second-order valence-corrected chi connectivity index (χ2v) is 7.28. The van der Waals surface area contributed by atoms with Crippen molar-refractivity contribution in [3.63, 3.8) is 0 Å². The summed E-state index contributed by atoms with van der Waals surface area (Å²) in [4.78, 5) is 29.5. The van der Waals surface area contributed by atoms with Crippen molar-refractivity contribution in [3.8, 4) is 0 Å². The Hall–Kier alpha value is -3.04. The van der Waals surface area contributed by atoms with E-state index in [1.54, 1.807) is 4.57 Å². The quantitative estimate of drug-likeness (QED) is 0.500. The molecule has 134 valence electrons. The summed E-state index contributed by atoms with van der Waals surface area (Å²) in [7, 11) is -3.99. The van der Waals surface area contributed by atoms with E-state index in [1.807, 2.05) is 29.1 Å². The van der Waals surface area contributed by atoms with Crippen LogP contribution in [0.1, 0.15) is 17.3 Å². The number of nitrogens with zero attached hydrogens (tertiary/aromatic N) is 2. The molecular weight excluding hydrogens is 356 g/mol. The topological polar surface area (TPSA) is 110 Å². The molecule has 3 aromatic rings. The Morgan fingerprint density at radius 1 is 1.12 bits per heavy atom. The van der Waals surface area contributed by atoms with Gasteiger partial charge in [0.25, 0.3) is 15.9 Å². The molecule has 0 spiro atoms. The van der Waals surface area contributed by atoms with Crippen LogP contribution in [0.3, 0.4) is 0 Å². The second kappa shape index (κ2) is 7.06. The third-order valence-corrected chi connectivity index (χ3v) is 4.96. The number of aromatic nitrogens is 2. The van der Waals surface area contributed by atoms with Gasteiger partial charge in [-0.15, -0.1) is 4.83 Å². The standard InChI is InChI=1S/C17H16N4O4S/c1-12(22)13-5-4-6-14(9-13)26(24,25)20-19-17(23)10-21-11-18-15-7-2-3-8-16(15)21/h2-9,11,20H,10H2,1H3,(H,19,23). The number of ketones is 1. The molecule has 0 aliphatic heterocycles. The molecule has 3 rings (SSSR count). The van der Waals surface area contributed by atoms with Crippen LogP contribution < -0.4 is 10.3 Å². The number of rotatable bonds is 6. The number of carbonyl (C=O) groups is 2. The highest BCUT2D eigenvalue weighted by molar-refractivity contribution is 7.89.